The smallest absolute Gasteiger partial charge is 0.336 e. The van der Waals surface area contributed by atoms with Gasteiger partial charge in [0, 0.05) is 11.6 Å². The van der Waals surface area contributed by atoms with E-state index in [9.17, 15) is 14.4 Å². The number of methoxy groups -OCH3 is 2. The predicted molar refractivity (Wildman–Crippen MR) is 135 cm³/mol. The molecule has 0 fully saturated rings. The van der Waals surface area contributed by atoms with E-state index in [0.717, 1.165) is 5.56 Å². The second-order valence-electron chi connectivity index (χ2n) is 7.28. The Morgan fingerprint density at radius 3 is 2.31 bits per heavy atom. The number of nitrogens with one attached hydrogen (secondary N) is 2. The van der Waals surface area contributed by atoms with E-state index in [1.165, 1.54) is 26.5 Å². The molecule has 36 heavy (non-hydrogen) atoms. The molecule has 2 N–H and O–H groups in total. The van der Waals surface area contributed by atoms with Crippen molar-refractivity contribution < 1.29 is 28.6 Å². The van der Waals surface area contributed by atoms with Crippen LogP contribution in [0.3, 0.4) is 0 Å². The fourth-order valence-electron chi connectivity index (χ4n) is 2.94. The van der Waals surface area contributed by atoms with Crippen molar-refractivity contribution in [3.05, 3.63) is 95.6 Å². The summed E-state index contributed by atoms with van der Waals surface area (Å²) in [6.45, 7) is -0.253. The van der Waals surface area contributed by atoms with E-state index < -0.39 is 17.8 Å². The topological polar surface area (TPSA) is 115 Å². The second kappa shape index (κ2) is 13.1. The predicted octanol–water partition coefficient (Wildman–Crippen LogP) is 3.20. The monoisotopic (exact) mass is 487 g/mol. The number of carbonyl (C=O) groups excluding carboxylic acids is 3. The van der Waals surface area contributed by atoms with Crippen LogP contribution in [0, 0.1) is 0 Å². The summed E-state index contributed by atoms with van der Waals surface area (Å²) in [6.07, 6.45) is 4.37. The minimum atomic E-state index is -0.553. The van der Waals surface area contributed by atoms with E-state index in [4.69, 9.17) is 14.2 Å². The van der Waals surface area contributed by atoms with E-state index >= 15 is 0 Å². The minimum absolute atomic E-state index is 0.239. The molecular weight excluding hydrogens is 462 g/mol. The number of hydrogen-bond acceptors (Lipinski definition) is 7. The summed E-state index contributed by atoms with van der Waals surface area (Å²) in [6, 6.07) is 20.7. The first kappa shape index (κ1) is 25.7. The molecule has 0 heterocycles. The standard InChI is InChI=1S/C27H25N3O6/c1-34-22-12-10-21(11-13-22)27(33)28-18-25(31)30-29-17-20-8-14-23(24(16-20)35-2)36-26(32)15-9-19-6-4-3-5-7-19/h3-17H,18H2,1-2H3,(H,28,33)(H,30,31). The first-order chi connectivity index (χ1) is 17.5. The summed E-state index contributed by atoms with van der Waals surface area (Å²) in [5.74, 6) is -0.272. The summed E-state index contributed by atoms with van der Waals surface area (Å²) < 4.78 is 15.7. The van der Waals surface area contributed by atoms with Crippen LogP contribution in [0.4, 0.5) is 0 Å². The van der Waals surface area contributed by atoms with Gasteiger partial charge in [-0.25, -0.2) is 10.2 Å². The summed E-state index contributed by atoms with van der Waals surface area (Å²) >= 11 is 0. The number of hydrazone groups is 1. The molecule has 0 aromatic heterocycles. The number of ether oxygens (including phenoxy) is 3. The molecule has 184 valence electrons. The van der Waals surface area contributed by atoms with Gasteiger partial charge in [0.25, 0.3) is 11.8 Å². The Labute approximate surface area is 208 Å². The first-order valence-corrected chi connectivity index (χ1v) is 10.9. The van der Waals surface area contributed by atoms with Crippen LogP contribution in [-0.4, -0.2) is 44.8 Å². The fourth-order valence-corrected chi connectivity index (χ4v) is 2.94. The molecule has 9 heteroatoms. The van der Waals surface area contributed by atoms with Crippen LogP contribution in [0.1, 0.15) is 21.5 Å². The molecular formula is C27H25N3O6. The highest BCUT2D eigenvalue weighted by Gasteiger charge is 2.10. The van der Waals surface area contributed by atoms with E-state index in [2.05, 4.69) is 15.8 Å². The lowest BCUT2D eigenvalue weighted by Crippen LogP contribution is -2.34. The number of benzene rings is 3. The average molecular weight is 488 g/mol. The largest absolute Gasteiger partial charge is 0.497 e. The fraction of sp³-hybridized carbons (Fsp3) is 0.111. The van der Waals surface area contributed by atoms with Gasteiger partial charge in [0.1, 0.15) is 5.75 Å². The van der Waals surface area contributed by atoms with Crippen molar-refractivity contribution in [1.29, 1.82) is 0 Å². The van der Waals surface area contributed by atoms with E-state index in [-0.39, 0.29) is 12.3 Å². The van der Waals surface area contributed by atoms with Crippen molar-refractivity contribution in [3.63, 3.8) is 0 Å². The molecule has 3 aromatic carbocycles. The Kier molecular flexibility index (Phi) is 9.35. The molecule has 0 saturated carbocycles. The molecule has 0 aliphatic rings. The maximum absolute atomic E-state index is 12.1. The minimum Gasteiger partial charge on any atom is -0.497 e. The van der Waals surface area contributed by atoms with E-state index in [1.54, 1.807) is 48.5 Å². The van der Waals surface area contributed by atoms with Gasteiger partial charge in [0.05, 0.1) is 27.0 Å². The summed E-state index contributed by atoms with van der Waals surface area (Å²) in [5.41, 5.74) is 4.19. The maximum Gasteiger partial charge on any atom is 0.336 e. The summed E-state index contributed by atoms with van der Waals surface area (Å²) in [4.78, 5) is 36.2. The molecule has 0 bridgehead atoms. The number of hydrogen-bond donors (Lipinski definition) is 2. The Morgan fingerprint density at radius 1 is 0.861 bits per heavy atom. The van der Waals surface area contributed by atoms with Crippen molar-refractivity contribution in [2.24, 2.45) is 5.10 Å². The van der Waals surface area contributed by atoms with Gasteiger partial charge in [-0.3, -0.25) is 9.59 Å². The molecule has 0 unspecified atom stereocenters. The zero-order valence-electron chi connectivity index (χ0n) is 19.8. The van der Waals surface area contributed by atoms with E-state index in [0.29, 0.717) is 22.6 Å². The van der Waals surface area contributed by atoms with Gasteiger partial charge in [-0.05, 0) is 59.7 Å². The van der Waals surface area contributed by atoms with Gasteiger partial charge in [-0.15, -0.1) is 0 Å². The van der Waals surface area contributed by atoms with Crippen molar-refractivity contribution in [2.75, 3.05) is 20.8 Å². The normalized spacial score (nSPS) is 10.7. The molecule has 0 aliphatic carbocycles. The Balaban J connectivity index is 1.49. The third-order valence-corrected chi connectivity index (χ3v) is 4.77. The number of amides is 2. The van der Waals surface area contributed by atoms with Crippen LogP contribution in [-0.2, 0) is 9.59 Å². The molecule has 9 nitrogen and oxygen atoms in total. The van der Waals surface area contributed by atoms with Gasteiger partial charge in [0.15, 0.2) is 11.5 Å². The van der Waals surface area contributed by atoms with Gasteiger partial charge in [-0.2, -0.15) is 5.10 Å². The zero-order chi connectivity index (χ0) is 25.8. The second-order valence-corrected chi connectivity index (χ2v) is 7.28. The summed E-state index contributed by atoms with van der Waals surface area (Å²) in [7, 11) is 2.98. The first-order valence-electron chi connectivity index (χ1n) is 10.9. The molecule has 2 amide bonds. The number of nitrogens with zero attached hydrogens (tertiary/aromatic N) is 1. The molecule has 3 rings (SSSR count). The number of rotatable bonds is 10. The molecule has 3 aromatic rings. The quantitative estimate of drug-likeness (QED) is 0.149. The van der Waals surface area contributed by atoms with Crippen molar-refractivity contribution in [1.82, 2.24) is 10.7 Å². The van der Waals surface area contributed by atoms with E-state index in [1.807, 2.05) is 30.3 Å². The molecule has 0 spiro atoms. The highest BCUT2D eigenvalue weighted by molar-refractivity contribution is 5.96. The van der Waals surface area contributed by atoms with Gasteiger partial charge in [-0.1, -0.05) is 30.3 Å². The Morgan fingerprint density at radius 2 is 1.61 bits per heavy atom. The van der Waals surface area contributed by atoms with Gasteiger partial charge < -0.3 is 19.5 Å². The lowest BCUT2D eigenvalue weighted by atomic mass is 10.2. The van der Waals surface area contributed by atoms with Crippen LogP contribution in [0.5, 0.6) is 17.2 Å². The lowest BCUT2D eigenvalue weighted by molar-refractivity contribution is -0.129. The van der Waals surface area contributed by atoms with Crippen LogP contribution in [0.2, 0.25) is 0 Å². The lowest BCUT2D eigenvalue weighted by Gasteiger charge is -2.08. The number of carbonyl (C=O) groups is 3. The SMILES string of the molecule is COc1ccc(C(=O)NCC(=O)NN=Cc2ccc(OC(=O)C=Cc3ccccc3)c(OC)c2)cc1. The zero-order valence-corrected chi connectivity index (χ0v) is 19.8. The van der Waals surface area contributed by atoms with Crippen molar-refractivity contribution in [3.8, 4) is 17.2 Å². The van der Waals surface area contributed by atoms with Crippen LogP contribution >= 0.6 is 0 Å². The van der Waals surface area contributed by atoms with Crippen LogP contribution < -0.4 is 25.0 Å². The molecule has 0 aliphatic heterocycles. The summed E-state index contributed by atoms with van der Waals surface area (Å²) in [5, 5.41) is 6.39. The Bertz CT molecular complexity index is 1250. The highest BCUT2D eigenvalue weighted by atomic mass is 16.6. The van der Waals surface area contributed by atoms with Crippen LogP contribution in [0.25, 0.3) is 6.08 Å². The third-order valence-electron chi connectivity index (χ3n) is 4.77. The highest BCUT2D eigenvalue weighted by Crippen LogP contribution is 2.27. The average Bonchev–Trinajstić information content (AvgIpc) is 2.92. The van der Waals surface area contributed by atoms with Gasteiger partial charge in [0.2, 0.25) is 0 Å². The molecule has 0 atom stereocenters. The Hall–Kier alpha value is -4.92. The van der Waals surface area contributed by atoms with Crippen molar-refractivity contribution in [2.45, 2.75) is 0 Å². The van der Waals surface area contributed by atoms with Crippen LogP contribution in [0.15, 0.2) is 84.0 Å². The van der Waals surface area contributed by atoms with Crippen molar-refractivity contribution >= 4 is 30.1 Å². The third kappa shape index (κ3) is 7.84. The van der Waals surface area contributed by atoms with Gasteiger partial charge >= 0.3 is 5.97 Å². The molecule has 0 radical (unpaired) electrons. The number of esters is 1. The molecule has 0 saturated heterocycles. The maximum atomic E-state index is 12.1.